The first-order chi connectivity index (χ1) is 7.25. The van der Waals surface area contributed by atoms with Crippen LogP contribution >= 0.6 is 0 Å². The SMILES string of the molecule is CCCCCNC(=O)C1NCCCC1C. The van der Waals surface area contributed by atoms with Gasteiger partial charge in [0.05, 0.1) is 6.04 Å². The first-order valence-corrected chi connectivity index (χ1v) is 6.26. The number of piperidine rings is 1. The second-order valence-electron chi connectivity index (χ2n) is 4.55. The van der Waals surface area contributed by atoms with E-state index in [1.807, 2.05) is 0 Å². The summed E-state index contributed by atoms with van der Waals surface area (Å²) in [5, 5.41) is 6.31. The van der Waals surface area contributed by atoms with Crippen molar-refractivity contribution in [3.05, 3.63) is 0 Å². The van der Waals surface area contributed by atoms with Gasteiger partial charge < -0.3 is 10.6 Å². The van der Waals surface area contributed by atoms with Crippen LogP contribution in [0.3, 0.4) is 0 Å². The zero-order valence-electron chi connectivity index (χ0n) is 10.0. The minimum Gasteiger partial charge on any atom is -0.355 e. The molecule has 0 bridgehead atoms. The van der Waals surface area contributed by atoms with E-state index in [0.29, 0.717) is 5.92 Å². The van der Waals surface area contributed by atoms with Crippen molar-refractivity contribution in [1.82, 2.24) is 10.6 Å². The molecule has 0 aromatic rings. The maximum absolute atomic E-state index is 11.8. The molecule has 3 nitrogen and oxygen atoms in total. The Hall–Kier alpha value is -0.570. The van der Waals surface area contributed by atoms with E-state index in [0.717, 1.165) is 19.5 Å². The van der Waals surface area contributed by atoms with Crippen molar-refractivity contribution < 1.29 is 4.79 Å². The molecule has 1 amide bonds. The first-order valence-electron chi connectivity index (χ1n) is 6.26. The standard InChI is InChI=1S/C12H24N2O/c1-3-4-5-8-14-12(15)11-10(2)7-6-9-13-11/h10-11,13H,3-9H2,1-2H3,(H,14,15). The Morgan fingerprint density at radius 1 is 1.47 bits per heavy atom. The molecule has 2 N–H and O–H groups in total. The van der Waals surface area contributed by atoms with Crippen LogP contribution in [0.4, 0.5) is 0 Å². The fourth-order valence-corrected chi connectivity index (χ4v) is 2.10. The molecule has 88 valence electrons. The number of hydrogen-bond acceptors (Lipinski definition) is 2. The fraction of sp³-hybridized carbons (Fsp3) is 0.917. The Morgan fingerprint density at radius 3 is 2.93 bits per heavy atom. The zero-order chi connectivity index (χ0) is 11.1. The molecule has 0 saturated carbocycles. The summed E-state index contributed by atoms with van der Waals surface area (Å²) in [6.45, 7) is 6.14. The Labute approximate surface area is 93.0 Å². The maximum Gasteiger partial charge on any atom is 0.237 e. The van der Waals surface area contributed by atoms with Crippen molar-refractivity contribution in [3.63, 3.8) is 0 Å². The fourth-order valence-electron chi connectivity index (χ4n) is 2.10. The monoisotopic (exact) mass is 212 g/mol. The third-order valence-electron chi connectivity index (χ3n) is 3.13. The minimum absolute atomic E-state index is 0.0420. The van der Waals surface area contributed by atoms with Crippen LogP contribution in [0, 0.1) is 5.92 Å². The Balaban J connectivity index is 2.20. The maximum atomic E-state index is 11.8. The quantitative estimate of drug-likeness (QED) is 0.681. The molecule has 1 fully saturated rings. The third-order valence-corrected chi connectivity index (χ3v) is 3.13. The van der Waals surface area contributed by atoms with E-state index in [4.69, 9.17) is 0 Å². The molecule has 15 heavy (non-hydrogen) atoms. The Bertz CT molecular complexity index is 194. The zero-order valence-corrected chi connectivity index (χ0v) is 10.0. The highest BCUT2D eigenvalue weighted by Crippen LogP contribution is 2.15. The lowest BCUT2D eigenvalue weighted by molar-refractivity contribution is -0.124. The van der Waals surface area contributed by atoms with Gasteiger partial charge >= 0.3 is 0 Å². The van der Waals surface area contributed by atoms with Crippen LogP contribution in [-0.2, 0) is 4.79 Å². The average molecular weight is 212 g/mol. The molecule has 1 saturated heterocycles. The van der Waals surface area contributed by atoms with Crippen molar-refractivity contribution in [3.8, 4) is 0 Å². The van der Waals surface area contributed by atoms with Gasteiger partial charge in [-0.25, -0.2) is 0 Å². The highest BCUT2D eigenvalue weighted by atomic mass is 16.2. The number of unbranched alkanes of at least 4 members (excludes halogenated alkanes) is 2. The highest BCUT2D eigenvalue weighted by molar-refractivity contribution is 5.82. The van der Waals surface area contributed by atoms with Gasteiger partial charge in [0.25, 0.3) is 0 Å². The number of rotatable bonds is 5. The predicted octanol–water partition coefficient (Wildman–Crippen LogP) is 1.68. The van der Waals surface area contributed by atoms with Gasteiger partial charge in [-0.3, -0.25) is 4.79 Å². The van der Waals surface area contributed by atoms with Gasteiger partial charge in [0.1, 0.15) is 0 Å². The number of hydrogen-bond donors (Lipinski definition) is 2. The van der Waals surface area contributed by atoms with Crippen LogP contribution in [0.25, 0.3) is 0 Å². The molecular weight excluding hydrogens is 188 g/mol. The summed E-state index contributed by atoms with van der Waals surface area (Å²) in [6, 6.07) is 0.0420. The van der Waals surface area contributed by atoms with Crippen molar-refractivity contribution in [1.29, 1.82) is 0 Å². The number of nitrogens with one attached hydrogen (secondary N) is 2. The topological polar surface area (TPSA) is 41.1 Å². The number of carbonyl (C=O) groups excluding carboxylic acids is 1. The van der Waals surface area contributed by atoms with Crippen LogP contribution in [0.1, 0.15) is 46.0 Å². The van der Waals surface area contributed by atoms with Crippen molar-refractivity contribution >= 4 is 5.91 Å². The van der Waals surface area contributed by atoms with E-state index in [2.05, 4.69) is 24.5 Å². The summed E-state index contributed by atoms with van der Waals surface area (Å²) in [6.07, 6.45) is 5.87. The molecular formula is C12H24N2O. The second kappa shape index (κ2) is 6.83. The molecule has 3 heteroatoms. The lowest BCUT2D eigenvalue weighted by Crippen LogP contribution is -2.51. The molecule has 0 aromatic heterocycles. The van der Waals surface area contributed by atoms with Crippen LogP contribution in [-0.4, -0.2) is 25.0 Å². The molecule has 2 atom stereocenters. The number of amides is 1. The molecule has 1 aliphatic rings. The van der Waals surface area contributed by atoms with Gasteiger partial charge in [0.15, 0.2) is 0 Å². The predicted molar refractivity (Wildman–Crippen MR) is 62.7 cm³/mol. The Morgan fingerprint density at radius 2 is 2.27 bits per heavy atom. The van der Waals surface area contributed by atoms with Gasteiger partial charge in [0, 0.05) is 6.54 Å². The summed E-state index contributed by atoms with van der Waals surface area (Å²) in [5.74, 6) is 0.670. The van der Waals surface area contributed by atoms with E-state index in [1.165, 1.54) is 25.7 Å². The van der Waals surface area contributed by atoms with Gasteiger partial charge in [-0.05, 0) is 31.7 Å². The molecule has 0 radical (unpaired) electrons. The van der Waals surface area contributed by atoms with Gasteiger partial charge in [0.2, 0.25) is 5.91 Å². The van der Waals surface area contributed by atoms with Crippen LogP contribution in [0.2, 0.25) is 0 Å². The van der Waals surface area contributed by atoms with Crippen molar-refractivity contribution in [2.24, 2.45) is 5.92 Å². The van der Waals surface area contributed by atoms with Gasteiger partial charge in [-0.15, -0.1) is 0 Å². The molecule has 1 rings (SSSR count). The average Bonchev–Trinajstić information content (AvgIpc) is 2.25. The summed E-state index contributed by atoms with van der Waals surface area (Å²) in [5.41, 5.74) is 0. The highest BCUT2D eigenvalue weighted by Gasteiger charge is 2.26. The smallest absolute Gasteiger partial charge is 0.237 e. The lowest BCUT2D eigenvalue weighted by atomic mass is 9.92. The van der Waals surface area contributed by atoms with E-state index in [1.54, 1.807) is 0 Å². The summed E-state index contributed by atoms with van der Waals surface area (Å²) >= 11 is 0. The summed E-state index contributed by atoms with van der Waals surface area (Å²) in [7, 11) is 0. The molecule has 0 aromatic carbocycles. The Kier molecular flexibility index (Phi) is 5.69. The molecule has 1 heterocycles. The normalized spacial score (nSPS) is 26.3. The van der Waals surface area contributed by atoms with Crippen molar-refractivity contribution in [2.75, 3.05) is 13.1 Å². The van der Waals surface area contributed by atoms with Crippen LogP contribution in [0.15, 0.2) is 0 Å². The molecule has 0 aliphatic carbocycles. The largest absolute Gasteiger partial charge is 0.355 e. The summed E-state index contributed by atoms with van der Waals surface area (Å²) in [4.78, 5) is 11.8. The molecule has 0 spiro atoms. The van der Waals surface area contributed by atoms with Gasteiger partial charge in [-0.1, -0.05) is 26.7 Å². The summed E-state index contributed by atoms with van der Waals surface area (Å²) < 4.78 is 0. The van der Waals surface area contributed by atoms with Crippen molar-refractivity contribution in [2.45, 2.75) is 52.0 Å². The van der Waals surface area contributed by atoms with Crippen LogP contribution in [0.5, 0.6) is 0 Å². The van der Waals surface area contributed by atoms with Gasteiger partial charge in [-0.2, -0.15) is 0 Å². The van der Waals surface area contributed by atoms with E-state index < -0.39 is 0 Å². The molecule has 1 aliphatic heterocycles. The minimum atomic E-state index is 0.0420. The lowest BCUT2D eigenvalue weighted by Gasteiger charge is -2.28. The van der Waals surface area contributed by atoms with E-state index >= 15 is 0 Å². The number of carbonyl (C=O) groups is 1. The van der Waals surface area contributed by atoms with E-state index in [-0.39, 0.29) is 11.9 Å². The van der Waals surface area contributed by atoms with E-state index in [9.17, 15) is 4.79 Å². The first kappa shape index (κ1) is 12.5. The van der Waals surface area contributed by atoms with Crippen LogP contribution < -0.4 is 10.6 Å². The second-order valence-corrected chi connectivity index (χ2v) is 4.55. The third kappa shape index (κ3) is 4.20. The molecule has 2 unspecified atom stereocenters.